The fourth-order valence-corrected chi connectivity index (χ4v) is 4.99. The van der Waals surface area contributed by atoms with Crippen LogP contribution in [0.2, 0.25) is 0 Å². The van der Waals surface area contributed by atoms with Gasteiger partial charge in [-0.1, -0.05) is 18.2 Å². The molecule has 0 saturated heterocycles. The fraction of sp³-hybridized carbons (Fsp3) is 0.250. The molecule has 0 aliphatic heterocycles. The standard InChI is InChI=1S/C36H39N3O3/c1-19-10-13-28(16-22(19)4)34(40)37-31-25(7)32(38-35(41)29-14-11-20(2)23(5)17-29)27(9)33(26(31)8)39-36(42)30-15-12-21(3)24(6)18-30/h10-18H,1-9H3,(H,37,40)(H,38,41)(H,39,42). The lowest BCUT2D eigenvalue weighted by molar-refractivity contribution is 0.101. The highest BCUT2D eigenvalue weighted by Crippen LogP contribution is 2.39. The van der Waals surface area contributed by atoms with Crippen molar-refractivity contribution in [3.63, 3.8) is 0 Å². The van der Waals surface area contributed by atoms with Gasteiger partial charge in [-0.05, 0) is 149 Å². The minimum atomic E-state index is -0.272. The maximum Gasteiger partial charge on any atom is 0.255 e. The van der Waals surface area contributed by atoms with Crippen LogP contribution in [0.4, 0.5) is 17.1 Å². The maximum absolute atomic E-state index is 13.4. The minimum absolute atomic E-state index is 0.272. The predicted molar refractivity (Wildman–Crippen MR) is 172 cm³/mol. The second-order valence-electron chi connectivity index (χ2n) is 11.3. The number of rotatable bonds is 6. The number of carbonyl (C=O) groups excluding carboxylic acids is 3. The number of hydrogen-bond acceptors (Lipinski definition) is 3. The first kappa shape index (κ1) is 30.3. The molecule has 3 amide bonds. The van der Waals surface area contributed by atoms with Crippen molar-refractivity contribution in [2.24, 2.45) is 0 Å². The molecule has 0 heterocycles. The predicted octanol–water partition coefficient (Wildman–Crippen LogP) is 8.22. The second kappa shape index (κ2) is 12.0. The Bertz CT molecular complexity index is 1530. The van der Waals surface area contributed by atoms with Crippen molar-refractivity contribution in [2.75, 3.05) is 16.0 Å². The van der Waals surface area contributed by atoms with Gasteiger partial charge < -0.3 is 16.0 Å². The highest BCUT2D eigenvalue weighted by Gasteiger charge is 2.23. The van der Waals surface area contributed by atoms with Gasteiger partial charge in [-0.25, -0.2) is 0 Å². The van der Waals surface area contributed by atoms with Gasteiger partial charge in [0.05, 0.1) is 17.1 Å². The molecule has 3 N–H and O–H groups in total. The average molecular weight is 562 g/mol. The summed E-state index contributed by atoms with van der Waals surface area (Å²) < 4.78 is 0. The molecule has 4 aromatic rings. The summed E-state index contributed by atoms with van der Waals surface area (Å²) in [4.78, 5) is 40.3. The molecule has 6 heteroatoms. The van der Waals surface area contributed by atoms with Gasteiger partial charge >= 0.3 is 0 Å². The Morgan fingerprint density at radius 1 is 0.381 bits per heavy atom. The van der Waals surface area contributed by atoms with E-state index < -0.39 is 0 Å². The molecule has 6 nitrogen and oxygen atoms in total. The molecule has 0 aliphatic rings. The molecular formula is C36H39N3O3. The number of nitrogens with one attached hydrogen (secondary N) is 3. The minimum Gasteiger partial charge on any atom is -0.321 e. The van der Waals surface area contributed by atoms with E-state index in [0.29, 0.717) is 50.4 Å². The molecule has 0 atom stereocenters. The van der Waals surface area contributed by atoms with Gasteiger partial charge in [0.25, 0.3) is 17.7 Å². The Morgan fingerprint density at radius 3 is 0.833 bits per heavy atom. The second-order valence-corrected chi connectivity index (χ2v) is 11.3. The third-order valence-corrected chi connectivity index (χ3v) is 8.27. The van der Waals surface area contributed by atoms with Crippen LogP contribution in [0.1, 0.15) is 81.1 Å². The molecule has 216 valence electrons. The molecule has 0 spiro atoms. The molecule has 0 saturated carbocycles. The van der Waals surface area contributed by atoms with Crippen molar-refractivity contribution >= 4 is 34.8 Å². The van der Waals surface area contributed by atoms with E-state index in [1.165, 1.54) is 0 Å². The van der Waals surface area contributed by atoms with Crippen LogP contribution in [-0.2, 0) is 0 Å². The Kier molecular flexibility index (Phi) is 8.67. The van der Waals surface area contributed by atoms with Crippen molar-refractivity contribution in [2.45, 2.75) is 62.3 Å². The fourth-order valence-electron chi connectivity index (χ4n) is 4.99. The van der Waals surface area contributed by atoms with Crippen LogP contribution in [-0.4, -0.2) is 17.7 Å². The van der Waals surface area contributed by atoms with E-state index in [1.807, 2.05) is 98.7 Å². The molecule has 42 heavy (non-hydrogen) atoms. The zero-order valence-corrected chi connectivity index (χ0v) is 25.9. The Balaban J connectivity index is 1.80. The summed E-state index contributed by atoms with van der Waals surface area (Å²) in [5.74, 6) is -0.817. The zero-order chi connectivity index (χ0) is 30.9. The molecule has 4 aromatic carbocycles. The molecule has 0 fully saturated rings. The first-order valence-electron chi connectivity index (χ1n) is 14.1. The van der Waals surface area contributed by atoms with Gasteiger partial charge in [0.2, 0.25) is 0 Å². The summed E-state index contributed by atoms with van der Waals surface area (Å²) in [6.45, 7) is 17.5. The highest BCUT2D eigenvalue weighted by molar-refractivity contribution is 6.11. The third kappa shape index (κ3) is 6.13. The number of carbonyl (C=O) groups is 3. The number of anilines is 3. The van der Waals surface area contributed by atoms with Crippen LogP contribution in [0.25, 0.3) is 0 Å². The molecular weight excluding hydrogens is 522 g/mol. The number of benzene rings is 4. The maximum atomic E-state index is 13.4. The average Bonchev–Trinajstić information content (AvgIpc) is 2.95. The SMILES string of the molecule is Cc1ccc(C(=O)Nc2c(C)c(NC(=O)c3ccc(C)c(C)c3)c(C)c(NC(=O)c3ccc(C)c(C)c3)c2C)cc1C. The van der Waals surface area contributed by atoms with E-state index >= 15 is 0 Å². The van der Waals surface area contributed by atoms with E-state index in [0.717, 1.165) is 33.4 Å². The smallest absolute Gasteiger partial charge is 0.255 e. The first-order chi connectivity index (χ1) is 19.8. The van der Waals surface area contributed by atoms with Gasteiger partial charge in [0, 0.05) is 16.7 Å². The van der Waals surface area contributed by atoms with Gasteiger partial charge in [0.1, 0.15) is 0 Å². The quantitative estimate of drug-likeness (QED) is 0.222. The summed E-state index contributed by atoms with van der Waals surface area (Å²) in [6, 6.07) is 16.7. The van der Waals surface area contributed by atoms with E-state index in [9.17, 15) is 14.4 Å². The first-order valence-corrected chi connectivity index (χ1v) is 14.1. The van der Waals surface area contributed by atoms with E-state index in [2.05, 4.69) is 16.0 Å². The van der Waals surface area contributed by atoms with Gasteiger partial charge in [-0.2, -0.15) is 0 Å². The van der Waals surface area contributed by atoms with E-state index in [4.69, 9.17) is 0 Å². The Hall–Kier alpha value is -4.71. The van der Waals surface area contributed by atoms with Crippen LogP contribution in [0.5, 0.6) is 0 Å². The van der Waals surface area contributed by atoms with Crippen molar-refractivity contribution < 1.29 is 14.4 Å². The van der Waals surface area contributed by atoms with Crippen LogP contribution in [0.15, 0.2) is 54.6 Å². The van der Waals surface area contributed by atoms with Crippen molar-refractivity contribution in [3.8, 4) is 0 Å². The lowest BCUT2D eigenvalue weighted by atomic mass is 9.97. The van der Waals surface area contributed by atoms with Crippen LogP contribution in [0, 0.1) is 62.3 Å². The van der Waals surface area contributed by atoms with Crippen LogP contribution in [0.3, 0.4) is 0 Å². The largest absolute Gasteiger partial charge is 0.321 e. The lowest BCUT2D eigenvalue weighted by Gasteiger charge is -2.23. The van der Waals surface area contributed by atoms with Crippen molar-refractivity contribution in [1.82, 2.24) is 0 Å². The molecule has 0 unspecified atom stereocenters. The highest BCUT2D eigenvalue weighted by atomic mass is 16.2. The van der Waals surface area contributed by atoms with Gasteiger partial charge in [-0.3, -0.25) is 14.4 Å². The summed E-state index contributed by atoms with van der Waals surface area (Å²) in [5, 5.41) is 9.20. The van der Waals surface area contributed by atoms with E-state index in [-0.39, 0.29) is 17.7 Å². The monoisotopic (exact) mass is 561 g/mol. The normalized spacial score (nSPS) is 10.8. The van der Waals surface area contributed by atoms with Crippen LogP contribution >= 0.6 is 0 Å². The number of aryl methyl sites for hydroxylation is 6. The van der Waals surface area contributed by atoms with Gasteiger partial charge in [0.15, 0.2) is 0 Å². The summed E-state index contributed by atoms with van der Waals surface area (Å²) in [6.07, 6.45) is 0. The lowest BCUT2D eigenvalue weighted by Crippen LogP contribution is -2.21. The summed E-state index contributed by atoms with van der Waals surface area (Å²) in [5.41, 5.74) is 11.6. The molecule has 0 aliphatic carbocycles. The topological polar surface area (TPSA) is 87.3 Å². The molecule has 4 rings (SSSR count). The van der Waals surface area contributed by atoms with Crippen molar-refractivity contribution in [1.29, 1.82) is 0 Å². The number of hydrogen-bond donors (Lipinski definition) is 3. The Labute approximate surface area is 248 Å². The molecule has 0 radical (unpaired) electrons. The van der Waals surface area contributed by atoms with Crippen molar-refractivity contribution in [3.05, 3.63) is 121 Å². The Morgan fingerprint density at radius 2 is 0.619 bits per heavy atom. The molecule has 0 bridgehead atoms. The summed E-state index contributed by atoms with van der Waals surface area (Å²) in [7, 11) is 0. The third-order valence-electron chi connectivity index (χ3n) is 8.27. The van der Waals surface area contributed by atoms with E-state index in [1.54, 1.807) is 18.2 Å². The molecule has 0 aromatic heterocycles. The summed E-state index contributed by atoms with van der Waals surface area (Å²) >= 11 is 0. The van der Waals surface area contributed by atoms with Crippen LogP contribution < -0.4 is 16.0 Å². The zero-order valence-electron chi connectivity index (χ0n) is 25.9. The van der Waals surface area contributed by atoms with Gasteiger partial charge in [-0.15, -0.1) is 0 Å². The number of amides is 3.